The highest BCUT2D eigenvalue weighted by molar-refractivity contribution is 5.97. The quantitative estimate of drug-likeness (QED) is 0.389. The van der Waals surface area contributed by atoms with E-state index in [9.17, 15) is 0 Å². The zero-order valence-corrected chi connectivity index (χ0v) is 10.1. The van der Waals surface area contributed by atoms with Crippen LogP contribution in [0.5, 0.6) is 0 Å². The van der Waals surface area contributed by atoms with E-state index in [4.69, 9.17) is 5.26 Å². The third-order valence-corrected chi connectivity index (χ3v) is 2.18. The lowest BCUT2D eigenvalue weighted by Crippen LogP contribution is -1.95. The summed E-state index contributed by atoms with van der Waals surface area (Å²) in [5.41, 5.74) is 4.20. The summed E-state index contributed by atoms with van der Waals surface area (Å²) >= 11 is 0. The van der Waals surface area contributed by atoms with Crippen molar-refractivity contribution in [3.05, 3.63) is 60.7 Å². The molecule has 2 aromatic rings. The van der Waals surface area contributed by atoms with Crippen molar-refractivity contribution in [3.8, 4) is 6.07 Å². The third-order valence-electron chi connectivity index (χ3n) is 2.18. The number of nitriles is 1. The molecule has 5 nitrogen and oxygen atoms in total. The molecule has 5 heteroatoms. The van der Waals surface area contributed by atoms with Gasteiger partial charge >= 0.3 is 0 Å². The number of para-hydroxylation sites is 1. The summed E-state index contributed by atoms with van der Waals surface area (Å²) < 4.78 is 0. The average Bonchev–Trinajstić information content (AvgIpc) is 2.49. The lowest BCUT2D eigenvalue weighted by Gasteiger charge is -1.97. The van der Waals surface area contributed by atoms with Gasteiger partial charge < -0.3 is 0 Å². The molecule has 0 heterocycles. The molecule has 0 unspecified atom stereocenters. The van der Waals surface area contributed by atoms with Crippen LogP contribution in [-0.2, 0) is 0 Å². The topological polar surface area (TPSA) is 72.9 Å². The van der Waals surface area contributed by atoms with Gasteiger partial charge in [0.05, 0.1) is 11.4 Å². The number of rotatable bonds is 3. The molecule has 0 saturated heterocycles. The van der Waals surface area contributed by atoms with Crippen molar-refractivity contribution in [2.24, 2.45) is 15.3 Å². The normalized spacial score (nSPS) is 11.2. The van der Waals surface area contributed by atoms with Crippen LogP contribution in [0.4, 0.5) is 11.4 Å². The van der Waals surface area contributed by atoms with E-state index < -0.39 is 0 Å². The highest BCUT2D eigenvalue weighted by Gasteiger charge is 1.94. The van der Waals surface area contributed by atoms with Gasteiger partial charge in [0.15, 0.2) is 0 Å². The minimum atomic E-state index is -0.0345. The Hall–Kier alpha value is -3.00. The van der Waals surface area contributed by atoms with E-state index in [0.717, 1.165) is 5.69 Å². The van der Waals surface area contributed by atoms with E-state index in [2.05, 4.69) is 20.8 Å². The van der Waals surface area contributed by atoms with Crippen molar-refractivity contribution >= 4 is 17.2 Å². The van der Waals surface area contributed by atoms with Crippen LogP contribution in [0.15, 0.2) is 76.0 Å². The molecule has 0 aromatic heterocycles. The van der Waals surface area contributed by atoms with E-state index in [1.54, 1.807) is 12.1 Å². The Morgan fingerprint density at radius 3 is 2.21 bits per heavy atom. The number of benzene rings is 2. The maximum Gasteiger partial charge on any atom is 0.270 e. The lowest BCUT2D eigenvalue weighted by atomic mass is 10.3. The molecule has 0 aliphatic rings. The van der Waals surface area contributed by atoms with Crippen LogP contribution in [0.1, 0.15) is 0 Å². The van der Waals surface area contributed by atoms with Crippen molar-refractivity contribution in [1.29, 1.82) is 5.26 Å². The number of amidine groups is 1. The number of nitrogens with one attached hydrogen (secondary N) is 1. The second kappa shape index (κ2) is 6.67. The van der Waals surface area contributed by atoms with E-state index >= 15 is 0 Å². The summed E-state index contributed by atoms with van der Waals surface area (Å²) in [4.78, 5) is 0. The van der Waals surface area contributed by atoms with Crippen LogP contribution < -0.4 is 5.43 Å². The lowest BCUT2D eigenvalue weighted by molar-refractivity contribution is 1.23. The summed E-state index contributed by atoms with van der Waals surface area (Å²) in [7, 11) is 0. The van der Waals surface area contributed by atoms with Gasteiger partial charge in [0.25, 0.3) is 5.84 Å². The fraction of sp³-hybridized carbons (Fsp3) is 0. The Balaban J connectivity index is 2.05. The molecule has 0 aliphatic heterocycles. The van der Waals surface area contributed by atoms with Crippen LogP contribution in [-0.4, -0.2) is 5.84 Å². The maximum atomic E-state index is 8.91. The van der Waals surface area contributed by atoms with Crippen molar-refractivity contribution < 1.29 is 0 Å². The number of hydrogen-bond donors (Lipinski definition) is 1. The van der Waals surface area contributed by atoms with E-state index in [0.29, 0.717) is 5.69 Å². The molecule has 0 spiro atoms. The van der Waals surface area contributed by atoms with Crippen LogP contribution in [0.25, 0.3) is 0 Å². The second-order valence-electron chi connectivity index (χ2n) is 3.56. The molecule has 0 atom stereocenters. The standard InChI is InChI=1S/C14H11N5/c15-11-14(18-16-12-7-3-1-4-8-12)19-17-13-9-5-2-6-10-13/h1-10,16H. The third kappa shape index (κ3) is 4.06. The predicted octanol–water partition coefficient (Wildman–Crippen LogP) is 3.72. The first kappa shape index (κ1) is 12.5. The minimum Gasteiger partial charge on any atom is -0.276 e. The zero-order valence-electron chi connectivity index (χ0n) is 10.1. The number of nitrogens with zero attached hydrogens (tertiary/aromatic N) is 4. The molecule has 92 valence electrons. The SMILES string of the molecule is N#CC(N=Nc1ccccc1)=NNc1ccccc1. The van der Waals surface area contributed by atoms with E-state index in [-0.39, 0.29) is 5.84 Å². The van der Waals surface area contributed by atoms with Crippen LogP contribution in [0.2, 0.25) is 0 Å². The smallest absolute Gasteiger partial charge is 0.270 e. The molecule has 0 aliphatic carbocycles. The molecule has 0 bridgehead atoms. The summed E-state index contributed by atoms with van der Waals surface area (Å²) in [5, 5.41) is 20.5. The van der Waals surface area contributed by atoms with Crippen molar-refractivity contribution in [2.75, 3.05) is 5.43 Å². The van der Waals surface area contributed by atoms with Gasteiger partial charge in [-0.1, -0.05) is 36.4 Å². The van der Waals surface area contributed by atoms with Gasteiger partial charge in [-0.2, -0.15) is 5.26 Å². The molecule has 0 radical (unpaired) electrons. The van der Waals surface area contributed by atoms with Crippen LogP contribution in [0.3, 0.4) is 0 Å². The number of hydrazone groups is 1. The van der Waals surface area contributed by atoms with Gasteiger partial charge in [-0.25, -0.2) is 0 Å². The summed E-state index contributed by atoms with van der Waals surface area (Å²) in [6.07, 6.45) is 0. The molecule has 2 rings (SSSR count). The Labute approximate surface area is 110 Å². The monoisotopic (exact) mass is 249 g/mol. The number of hydrogen-bond acceptors (Lipinski definition) is 4. The van der Waals surface area contributed by atoms with Crippen LogP contribution in [0, 0.1) is 11.3 Å². The van der Waals surface area contributed by atoms with E-state index in [1.165, 1.54) is 0 Å². The molecule has 1 N–H and O–H groups in total. The van der Waals surface area contributed by atoms with Crippen molar-refractivity contribution in [3.63, 3.8) is 0 Å². The first-order valence-electron chi connectivity index (χ1n) is 5.64. The van der Waals surface area contributed by atoms with Crippen molar-refractivity contribution in [1.82, 2.24) is 0 Å². The number of azo groups is 1. The number of anilines is 1. The van der Waals surface area contributed by atoms with E-state index in [1.807, 2.05) is 54.6 Å². The van der Waals surface area contributed by atoms with Crippen LogP contribution >= 0.6 is 0 Å². The minimum absolute atomic E-state index is 0.0345. The molecule has 0 saturated carbocycles. The second-order valence-corrected chi connectivity index (χ2v) is 3.56. The highest BCUT2D eigenvalue weighted by atomic mass is 15.3. The molecule has 0 amide bonds. The Bertz CT molecular complexity index is 611. The fourth-order valence-corrected chi connectivity index (χ4v) is 1.30. The van der Waals surface area contributed by atoms with Gasteiger partial charge in [-0.3, -0.25) is 5.43 Å². The molecular weight excluding hydrogens is 238 g/mol. The van der Waals surface area contributed by atoms with Crippen molar-refractivity contribution in [2.45, 2.75) is 0 Å². The predicted molar refractivity (Wildman–Crippen MR) is 74.1 cm³/mol. The van der Waals surface area contributed by atoms with Gasteiger partial charge in [-0.15, -0.1) is 15.3 Å². The van der Waals surface area contributed by atoms with Gasteiger partial charge in [0, 0.05) is 0 Å². The molecule has 19 heavy (non-hydrogen) atoms. The Morgan fingerprint density at radius 2 is 1.58 bits per heavy atom. The fourth-order valence-electron chi connectivity index (χ4n) is 1.30. The van der Waals surface area contributed by atoms with Gasteiger partial charge in [0.2, 0.25) is 0 Å². The summed E-state index contributed by atoms with van der Waals surface area (Å²) in [6.45, 7) is 0. The first-order valence-corrected chi connectivity index (χ1v) is 5.64. The molecule has 0 fully saturated rings. The van der Waals surface area contributed by atoms with Gasteiger partial charge in [0.1, 0.15) is 6.07 Å². The maximum absolute atomic E-state index is 8.91. The Morgan fingerprint density at radius 1 is 0.947 bits per heavy atom. The first-order chi connectivity index (χ1) is 9.38. The molecular formula is C14H11N5. The zero-order chi connectivity index (χ0) is 13.3. The summed E-state index contributed by atoms with van der Waals surface area (Å²) in [5.74, 6) is -0.0345. The highest BCUT2D eigenvalue weighted by Crippen LogP contribution is 2.10. The Kier molecular flexibility index (Phi) is 4.37. The average molecular weight is 249 g/mol. The largest absolute Gasteiger partial charge is 0.276 e. The summed E-state index contributed by atoms with van der Waals surface area (Å²) in [6, 6.07) is 20.4. The molecule has 2 aromatic carbocycles. The van der Waals surface area contributed by atoms with Gasteiger partial charge in [-0.05, 0) is 24.3 Å².